The van der Waals surface area contributed by atoms with Crippen molar-refractivity contribution in [1.29, 1.82) is 0 Å². The maximum Gasteiger partial charge on any atom is 0.317 e. The molecule has 1 aromatic heterocycles. The first-order valence-corrected chi connectivity index (χ1v) is 8.28. The Kier molecular flexibility index (Phi) is 4.22. The fourth-order valence-electron chi connectivity index (χ4n) is 2.93. The summed E-state index contributed by atoms with van der Waals surface area (Å²) in [7, 11) is 0. The van der Waals surface area contributed by atoms with Crippen molar-refractivity contribution < 1.29 is 9.59 Å². The molecular weight excluding hydrogens is 304 g/mol. The molecule has 0 saturated carbocycles. The maximum atomic E-state index is 12.8. The van der Waals surface area contributed by atoms with Crippen LogP contribution in [0.1, 0.15) is 31.1 Å². The van der Waals surface area contributed by atoms with Crippen molar-refractivity contribution in [1.82, 2.24) is 20.1 Å². The third kappa shape index (κ3) is 3.37. The van der Waals surface area contributed by atoms with E-state index in [1.807, 2.05) is 49.9 Å². The Hall–Kier alpha value is -2.50. The van der Waals surface area contributed by atoms with Gasteiger partial charge in [-0.05, 0) is 26.8 Å². The van der Waals surface area contributed by atoms with Crippen LogP contribution in [0, 0.1) is 0 Å². The lowest BCUT2D eigenvalue weighted by atomic mass is 10.1. The van der Waals surface area contributed by atoms with Crippen molar-refractivity contribution >= 4 is 22.8 Å². The van der Waals surface area contributed by atoms with E-state index in [0.717, 1.165) is 10.9 Å². The molecule has 1 aliphatic rings. The lowest BCUT2D eigenvalue weighted by Gasteiger charge is -2.36. The predicted octanol–water partition coefficient (Wildman–Crippen LogP) is 2.43. The van der Waals surface area contributed by atoms with Gasteiger partial charge in [0.15, 0.2) is 0 Å². The van der Waals surface area contributed by atoms with Gasteiger partial charge in [0.1, 0.15) is 0 Å². The van der Waals surface area contributed by atoms with Crippen LogP contribution in [-0.4, -0.2) is 58.4 Å². The number of benzene rings is 1. The maximum absolute atomic E-state index is 12.8. The van der Waals surface area contributed by atoms with Crippen LogP contribution in [-0.2, 0) is 0 Å². The predicted molar refractivity (Wildman–Crippen MR) is 94.1 cm³/mol. The van der Waals surface area contributed by atoms with Crippen molar-refractivity contribution in [3.05, 3.63) is 36.0 Å². The molecule has 0 unspecified atom stereocenters. The Morgan fingerprint density at radius 3 is 2.33 bits per heavy atom. The highest BCUT2D eigenvalue weighted by molar-refractivity contribution is 6.06. The normalized spacial score (nSPS) is 15.6. The van der Waals surface area contributed by atoms with Crippen LogP contribution in [0.5, 0.6) is 0 Å². The minimum atomic E-state index is -0.256. The number of aromatic amines is 1. The monoisotopic (exact) mass is 328 g/mol. The number of carbonyl (C=O) groups excluding carboxylic acids is 2. The van der Waals surface area contributed by atoms with Gasteiger partial charge in [0.2, 0.25) is 0 Å². The summed E-state index contributed by atoms with van der Waals surface area (Å²) < 4.78 is 0. The summed E-state index contributed by atoms with van der Waals surface area (Å²) in [5, 5.41) is 3.90. The fourth-order valence-corrected chi connectivity index (χ4v) is 2.93. The van der Waals surface area contributed by atoms with E-state index >= 15 is 0 Å². The van der Waals surface area contributed by atoms with E-state index in [4.69, 9.17) is 0 Å². The third-order valence-corrected chi connectivity index (χ3v) is 4.16. The number of amides is 3. The molecule has 0 atom stereocenters. The highest BCUT2D eigenvalue weighted by atomic mass is 16.2. The fraction of sp³-hybridized carbons (Fsp3) is 0.444. The van der Waals surface area contributed by atoms with E-state index in [2.05, 4.69) is 10.3 Å². The van der Waals surface area contributed by atoms with E-state index in [-0.39, 0.29) is 17.5 Å². The second-order valence-electron chi connectivity index (χ2n) is 7.21. The number of piperazine rings is 1. The molecule has 6 nitrogen and oxygen atoms in total. The average Bonchev–Trinajstić information content (AvgIpc) is 2.97. The zero-order valence-corrected chi connectivity index (χ0v) is 14.4. The van der Waals surface area contributed by atoms with E-state index in [1.165, 1.54) is 0 Å². The first-order valence-electron chi connectivity index (χ1n) is 8.28. The van der Waals surface area contributed by atoms with E-state index in [9.17, 15) is 9.59 Å². The van der Waals surface area contributed by atoms with Crippen LogP contribution >= 0.6 is 0 Å². The summed E-state index contributed by atoms with van der Waals surface area (Å²) in [5.74, 6) is 0.0170. The summed E-state index contributed by atoms with van der Waals surface area (Å²) >= 11 is 0. The molecule has 6 heteroatoms. The molecule has 2 heterocycles. The summed E-state index contributed by atoms with van der Waals surface area (Å²) in [4.78, 5) is 31.7. The van der Waals surface area contributed by atoms with Crippen LogP contribution < -0.4 is 5.32 Å². The summed E-state index contributed by atoms with van der Waals surface area (Å²) in [5.41, 5.74) is 1.40. The van der Waals surface area contributed by atoms with Crippen LogP contribution in [0.4, 0.5) is 4.79 Å². The molecule has 24 heavy (non-hydrogen) atoms. The number of H-pyrrole nitrogens is 1. The second-order valence-corrected chi connectivity index (χ2v) is 7.21. The number of nitrogens with zero attached hydrogens (tertiary/aromatic N) is 2. The highest BCUT2D eigenvalue weighted by Crippen LogP contribution is 2.20. The minimum Gasteiger partial charge on any atom is -0.360 e. The summed E-state index contributed by atoms with van der Waals surface area (Å²) in [6, 6.07) is 7.72. The van der Waals surface area contributed by atoms with Crippen LogP contribution in [0.15, 0.2) is 30.5 Å². The Labute approximate surface area is 141 Å². The number of para-hydroxylation sites is 1. The molecular formula is C18H24N4O2. The Morgan fingerprint density at radius 2 is 1.67 bits per heavy atom. The average molecular weight is 328 g/mol. The van der Waals surface area contributed by atoms with Gasteiger partial charge in [-0.3, -0.25) is 4.79 Å². The number of fused-ring (bicyclic) bond motifs is 1. The summed E-state index contributed by atoms with van der Waals surface area (Å²) in [6.45, 7) is 8.09. The van der Waals surface area contributed by atoms with Crippen LogP contribution in [0.2, 0.25) is 0 Å². The number of hydrogen-bond donors (Lipinski definition) is 2. The van der Waals surface area contributed by atoms with Crippen LogP contribution in [0.3, 0.4) is 0 Å². The Balaban J connectivity index is 1.64. The molecule has 1 aromatic carbocycles. The zero-order valence-electron chi connectivity index (χ0n) is 14.4. The molecule has 3 rings (SSSR count). The molecule has 1 aliphatic heterocycles. The zero-order chi connectivity index (χ0) is 17.3. The molecule has 128 valence electrons. The standard InChI is InChI=1S/C18H24N4O2/c1-18(2,3)20-17(24)22-10-8-21(9-11-22)16(23)14-12-19-15-7-5-4-6-13(14)15/h4-7,12,19H,8-11H2,1-3H3,(H,20,24). The van der Waals surface area contributed by atoms with Gasteiger partial charge in [0.05, 0.1) is 5.56 Å². The molecule has 0 bridgehead atoms. The quantitative estimate of drug-likeness (QED) is 0.844. The van der Waals surface area contributed by atoms with Crippen molar-refractivity contribution in [2.45, 2.75) is 26.3 Å². The largest absolute Gasteiger partial charge is 0.360 e. The lowest BCUT2D eigenvalue weighted by molar-refractivity contribution is 0.0663. The number of nitrogens with one attached hydrogen (secondary N) is 2. The SMILES string of the molecule is CC(C)(C)NC(=O)N1CCN(C(=O)c2c[nH]c3ccccc23)CC1. The molecule has 0 radical (unpaired) electrons. The van der Waals surface area contributed by atoms with E-state index in [0.29, 0.717) is 31.7 Å². The van der Waals surface area contributed by atoms with Gasteiger partial charge in [-0.1, -0.05) is 18.2 Å². The minimum absolute atomic E-state index is 0.0170. The number of urea groups is 1. The molecule has 1 fully saturated rings. The van der Waals surface area contributed by atoms with Gasteiger partial charge in [-0.25, -0.2) is 4.79 Å². The molecule has 2 aromatic rings. The lowest BCUT2D eigenvalue weighted by Crippen LogP contribution is -2.56. The number of rotatable bonds is 1. The highest BCUT2D eigenvalue weighted by Gasteiger charge is 2.27. The van der Waals surface area contributed by atoms with Gasteiger partial charge in [0, 0.05) is 48.8 Å². The topological polar surface area (TPSA) is 68.4 Å². The second kappa shape index (κ2) is 6.19. The Bertz CT molecular complexity index is 752. The van der Waals surface area contributed by atoms with Gasteiger partial charge in [-0.15, -0.1) is 0 Å². The molecule has 3 amide bonds. The molecule has 1 saturated heterocycles. The van der Waals surface area contributed by atoms with E-state index in [1.54, 1.807) is 11.1 Å². The third-order valence-electron chi connectivity index (χ3n) is 4.16. The van der Waals surface area contributed by atoms with Crippen molar-refractivity contribution in [2.24, 2.45) is 0 Å². The van der Waals surface area contributed by atoms with Crippen LogP contribution in [0.25, 0.3) is 10.9 Å². The molecule has 0 spiro atoms. The smallest absolute Gasteiger partial charge is 0.317 e. The number of aromatic nitrogens is 1. The first kappa shape index (κ1) is 16.4. The number of carbonyl (C=O) groups is 2. The van der Waals surface area contributed by atoms with Crippen molar-refractivity contribution in [2.75, 3.05) is 26.2 Å². The van der Waals surface area contributed by atoms with Crippen molar-refractivity contribution in [3.63, 3.8) is 0 Å². The van der Waals surface area contributed by atoms with E-state index < -0.39 is 0 Å². The first-order chi connectivity index (χ1) is 11.3. The van der Waals surface area contributed by atoms with Gasteiger partial charge < -0.3 is 20.1 Å². The van der Waals surface area contributed by atoms with Gasteiger partial charge in [0.25, 0.3) is 5.91 Å². The van der Waals surface area contributed by atoms with Crippen molar-refractivity contribution in [3.8, 4) is 0 Å². The molecule has 2 N–H and O–H groups in total. The number of hydrogen-bond acceptors (Lipinski definition) is 2. The summed E-state index contributed by atoms with van der Waals surface area (Å²) in [6.07, 6.45) is 1.77. The van der Waals surface area contributed by atoms with Gasteiger partial charge in [-0.2, -0.15) is 0 Å². The van der Waals surface area contributed by atoms with Gasteiger partial charge >= 0.3 is 6.03 Å². The Morgan fingerprint density at radius 1 is 1.04 bits per heavy atom. The molecule has 0 aliphatic carbocycles.